The molecule has 1 saturated carbocycles. The SMILES string of the molecule is C[C@H]1C[C@H]1c1ccc(CN[C@@H]2CCC(=O)N[C@H]2c2cnn(C)c2)o1. The third kappa shape index (κ3) is 3.11. The van der Waals surface area contributed by atoms with Crippen molar-refractivity contribution in [2.45, 2.75) is 50.7 Å². The summed E-state index contributed by atoms with van der Waals surface area (Å²) < 4.78 is 7.74. The highest BCUT2D eigenvalue weighted by molar-refractivity contribution is 5.77. The monoisotopic (exact) mass is 328 g/mol. The molecule has 3 heterocycles. The summed E-state index contributed by atoms with van der Waals surface area (Å²) >= 11 is 0. The molecule has 0 aromatic carbocycles. The van der Waals surface area contributed by atoms with E-state index < -0.39 is 0 Å². The summed E-state index contributed by atoms with van der Waals surface area (Å²) in [6.07, 6.45) is 6.39. The standard InChI is InChI=1S/C18H24N4O2/c1-11-7-14(11)16-5-3-13(24-16)9-19-15-4-6-17(23)21-18(15)12-8-20-22(2)10-12/h3,5,8,10-11,14-15,18-19H,4,6-7,9H2,1-2H3,(H,21,23)/t11-,14+,15+,18-/m0/s1. The molecule has 0 unspecified atom stereocenters. The molecule has 1 aliphatic heterocycles. The van der Waals surface area contributed by atoms with E-state index in [4.69, 9.17) is 4.42 Å². The maximum Gasteiger partial charge on any atom is 0.220 e. The number of aromatic nitrogens is 2. The predicted molar refractivity (Wildman–Crippen MR) is 89.2 cm³/mol. The molecule has 0 radical (unpaired) electrons. The number of piperidine rings is 1. The number of nitrogens with zero attached hydrogens (tertiary/aromatic N) is 2. The van der Waals surface area contributed by atoms with Crippen molar-refractivity contribution in [2.75, 3.05) is 0 Å². The van der Waals surface area contributed by atoms with Gasteiger partial charge in [-0.05, 0) is 30.9 Å². The highest BCUT2D eigenvalue weighted by Gasteiger charge is 2.36. The zero-order chi connectivity index (χ0) is 16.7. The lowest BCUT2D eigenvalue weighted by molar-refractivity contribution is -0.123. The van der Waals surface area contributed by atoms with Crippen LogP contribution in [0, 0.1) is 5.92 Å². The van der Waals surface area contributed by atoms with Gasteiger partial charge in [0.15, 0.2) is 0 Å². The normalized spacial score (nSPS) is 29.5. The minimum atomic E-state index is -0.0437. The molecule has 0 spiro atoms. The Morgan fingerprint density at radius 2 is 2.29 bits per heavy atom. The van der Waals surface area contributed by atoms with Crippen molar-refractivity contribution in [1.29, 1.82) is 0 Å². The van der Waals surface area contributed by atoms with E-state index in [0.29, 0.717) is 18.9 Å². The van der Waals surface area contributed by atoms with E-state index in [1.807, 2.05) is 19.4 Å². The van der Waals surface area contributed by atoms with E-state index in [0.717, 1.165) is 29.4 Å². The molecule has 2 fully saturated rings. The molecule has 6 heteroatoms. The minimum absolute atomic E-state index is 0.0437. The lowest BCUT2D eigenvalue weighted by Gasteiger charge is -2.32. The fourth-order valence-electron chi connectivity index (χ4n) is 3.57. The zero-order valence-electron chi connectivity index (χ0n) is 14.2. The van der Waals surface area contributed by atoms with Gasteiger partial charge in [0.05, 0.1) is 18.8 Å². The molecule has 2 aliphatic rings. The van der Waals surface area contributed by atoms with Crippen molar-refractivity contribution < 1.29 is 9.21 Å². The van der Waals surface area contributed by atoms with Gasteiger partial charge in [-0.1, -0.05) is 6.92 Å². The first-order valence-electron chi connectivity index (χ1n) is 8.70. The molecule has 1 saturated heterocycles. The largest absolute Gasteiger partial charge is 0.464 e. The number of hydrogen-bond donors (Lipinski definition) is 2. The second-order valence-corrected chi connectivity index (χ2v) is 7.14. The molecule has 24 heavy (non-hydrogen) atoms. The highest BCUT2D eigenvalue weighted by Crippen LogP contribution is 2.47. The van der Waals surface area contributed by atoms with Crippen LogP contribution in [0.4, 0.5) is 0 Å². The van der Waals surface area contributed by atoms with Crippen LogP contribution in [-0.2, 0) is 18.4 Å². The van der Waals surface area contributed by atoms with E-state index in [2.05, 4.69) is 34.8 Å². The third-order valence-electron chi connectivity index (χ3n) is 5.18. The summed E-state index contributed by atoms with van der Waals surface area (Å²) in [5.41, 5.74) is 1.04. The van der Waals surface area contributed by atoms with Crippen molar-refractivity contribution in [1.82, 2.24) is 20.4 Å². The zero-order valence-corrected chi connectivity index (χ0v) is 14.2. The summed E-state index contributed by atoms with van der Waals surface area (Å²) in [6.45, 7) is 2.94. The van der Waals surface area contributed by atoms with Crippen LogP contribution < -0.4 is 10.6 Å². The first-order chi connectivity index (χ1) is 11.6. The number of hydrogen-bond acceptors (Lipinski definition) is 4. The second kappa shape index (κ2) is 6.09. The number of nitrogens with one attached hydrogen (secondary N) is 2. The van der Waals surface area contributed by atoms with Gasteiger partial charge in [0.2, 0.25) is 5.91 Å². The van der Waals surface area contributed by atoms with Crippen molar-refractivity contribution in [3.8, 4) is 0 Å². The number of amides is 1. The lowest BCUT2D eigenvalue weighted by Crippen LogP contribution is -2.48. The maximum atomic E-state index is 11.8. The third-order valence-corrected chi connectivity index (χ3v) is 5.18. The molecular weight excluding hydrogens is 304 g/mol. The summed E-state index contributed by atoms with van der Waals surface area (Å²) in [6, 6.07) is 4.30. The molecule has 2 aromatic heterocycles. The van der Waals surface area contributed by atoms with Gasteiger partial charge in [-0.2, -0.15) is 5.10 Å². The van der Waals surface area contributed by atoms with Crippen LogP contribution >= 0.6 is 0 Å². The number of furan rings is 1. The van der Waals surface area contributed by atoms with Crippen molar-refractivity contribution in [3.63, 3.8) is 0 Å². The van der Waals surface area contributed by atoms with E-state index >= 15 is 0 Å². The Hall–Kier alpha value is -2.08. The Labute approximate surface area is 141 Å². The van der Waals surface area contributed by atoms with Gasteiger partial charge in [-0.3, -0.25) is 9.48 Å². The van der Waals surface area contributed by atoms with Gasteiger partial charge in [-0.25, -0.2) is 0 Å². The summed E-state index contributed by atoms with van der Waals surface area (Å²) in [5.74, 6) is 3.53. The van der Waals surface area contributed by atoms with E-state index in [1.54, 1.807) is 4.68 Å². The predicted octanol–water partition coefficient (Wildman–Crippen LogP) is 2.25. The molecule has 1 aliphatic carbocycles. The van der Waals surface area contributed by atoms with Gasteiger partial charge in [0, 0.05) is 37.2 Å². The topological polar surface area (TPSA) is 72.1 Å². The molecule has 4 rings (SSSR count). The Morgan fingerprint density at radius 1 is 1.46 bits per heavy atom. The Morgan fingerprint density at radius 3 is 3.00 bits per heavy atom. The average Bonchev–Trinajstić information content (AvgIpc) is 2.97. The van der Waals surface area contributed by atoms with Gasteiger partial charge < -0.3 is 15.1 Å². The first kappa shape index (κ1) is 15.4. The van der Waals surface area contributed by atoms with Gasteiger partial charge in [-0.15, -0.1) is 0 Å². The van der Waals surface area contributed by atoms with Gasteiger partial charge in [0.1, 0.15) is 11.5 Å². The molecule has 1 amide bonds. The van der Waals surface area contributed by atoms with Crippen LogP contribution in [0.5, 0.6) is 0 Å². The van der Waals surface area contributed by atoms with Crippen LogP contribution in [0.3, 0.4) is 0 Å². The number of carbonyl (C=O) groups excluding carboxylic acids is 1. The van der Waals surface area contributed by atoms with E-state index in [1.165, 1.54) is 6.42 Å². The fraction of sp³-hybridized carbons (Fsp3) is 0.556. The Bertz CT molecular complexity index is 735. The smallest absolute Gasteiger partial charge is 0.220 e. The number of rotatable bonds is 5. The average molecular weight is 328 g/mol. The Kier molecular flexibility index (Phi) is 3.92. The molecule has 4 atom stereocenters. The van der Waals surface area contributed by atoms with Crippen LogP contribution in [0.1, 0.15) is 55.2 Å². The first-order valence-corrected chi connectivity index (χ1v) is 8.70. The van der Waals surface area contributed by atoms with Crippen LogP contribution in [0.2, 0.25) is 0 Å². The van der Waals surface area contributed by atoms with E-state index in [-0.39, 0.29) is 18.0 Å². The fourth-order valence-corrected chi connectivity index (χ4v) is 3.57. The number of carbonyl (C=O) groups is 1. The van der Waals surface area contributed by atoms with Crippen LogP contribution in [0.25, 0.3) is 0 Å². The lowest BCUT2D eigenvalue weighted by atomic mass is 9.93. The van der Waals surface area contributed by atoms with Gasteiger partial charge in [0.25, 0.3) is 0 Å². The molecule has 128 valence electrons. The van der Waals surface area contributed by atoms with Crippen LogP contribution in [-0.4, -0.2) is 21.7 Å². The molecular formula is C18H24N4O2. The van der Waals surface area contributed by atoms with E-state index in [9.17, 15) is 4.79 Å². The van der Waals surface area contributed by atoms with Crippen molar-refractivity contribution >= 4 is 5.91 Å². The maximum absolute atomic E-state index is 11.8. The molecule has 2 aromatic rings. The van der Waals surface area contributed by atoms with Crippen molar-refractivity contribution in [2.24, 2.45) is 13.0 Å². The Balaban J connectivity index is 1.41. The molecule has 0 bridgehead atoms. The highest BCUT2D eigenvalue weighted by atomic mass is 16.3. The summed E-state index contributed by atoms with van der Waals surface area (Å²) in [7, 11) is 1.89. The molecule has 6 nitrogen and oxygen atoms in total. The summed E-state index contributed by atoms with van der Waals surface area (Å²) in [5, 5.41) is 10.9. The quantitative estimate of drug-likeness (QED) is 0.883. The summed E-state index contributed by atoms with van der Waals surface area (Å²) in [4.78, 5) is 11.8. The second-order valence-electron chi connectivity index (χ2n) is 7.14. The van der Waals surface area contributed by atoms with Crippen molar-refractivity contribution in [3.05, 3.63) is 41.6 Å². The number of aryl methyl sites for hydroxylation is 1. The van der Waals surface area contributed by atoms with Gasteiger partial charge >= 0.3 is 0 Å². The minimum Gasteiger partial charge on any atom is -0.464 e. The molecule has 2 N–H and O–H groups in total. The van der Waals surface area contributed by atoms with Crippen LogP contribution in [0.15, 0.2) is 28.9 Å².